The Kier molecular flexibility index (Phi) is 4.73. The van der Waals surface area contributed by atoms with Crippen LogP contribution in [0.15, 0.2) is 30.4 Å². The summed E-state index contributed by atoms with van der Waals surface area (Å²) in [5.74, 6) is 0.277. The summed E-state index contributed by atoms with van der Waals surface area (Å²) in [6, 6.07) is 4.00. The molecule has 1 rings (SSSR count). The first-order valence-corrected chi connectivity index (χ1v) is 6.79. The van der Waals surface area contributed by atoms with Crippen molar-refractivity contribution in [1.82, 2.24) is 0 Å². The number of aryl methyl sites for hydroxylation is 1. The molecule has 0 saturated heterocycles. The summed E-state index contributed by atoms with van der Waals surface area (Å²) in [5.41, 5.74) is 1.83. The maximum absolute atomic E-state index is 12.9. The van der Waals surface area contributed by atoms with E-state index in [0.29, 0.717) is 0 Å². The van der Waals surface area contributed by atoms with E-state index in [-0.39, 0.29) is 11.3 Å². The third kappa shape index (κ3) is 3.87. The standard InChI is InChI=1S/C17H23F3/c1-11(2)13(4)10-16(5,6)15-9-14(17(18,19)20)8-7-12(15)3/h7-9,13H,1,10H2,2-6H3/t13-/m0/s1. The molecule has 0 aliphatic carbocycles. The Morgan fingerprint density at radius 2 is 1.80 bits per heavy atom. The number of benzene rings is 1. The van der Waals surface area contributed by atoms with Crippen LogP contribution in [0.25, 0.3) is 0 Å². The first-order chi connectivity index (χ1) is 8.95. The van der Waals surface area contributed by atoms with Gasteiger partial charge in [0.25, 0.3) is 0 Å². The second kappa shape index (κ2) is 5.63. The van der Waals surface area contributed by atoms with Gasteiger partial charge < -0.3 is 0 Å². The number of rotatable bonds is 4. The molecular weight excluding hydrogens is 261 g/mol. The predicted octanol–water partition coefficient (Wildman–Crippen LogP) is 5.89. The summed E-state index contributed by atoms with van der Waals surface area (Å²) < 4.78 is 38.6. The number of hydrogen-bond donors (Lipinski definition) is 0. The van der Waals surface area contributed by atoms with Crippen LogP contribution in [0.1, 0.15) is 50.8 Å². The molecule has 20 heavy (non-hydrogen) atoms. The fraction of sp³-hybridized carbons (Fsp3) is 0.529. The molecule has 3 heteroatoms. The van der Waals surface area contributed by atoms with Crippen LogP contribution < -0.4 is 0 Å². The van der Waals surface area contributed by atoms with Crippen molar-refractivity contribution in [2.45, 2.75) is 52.6 Å². The van der Waals surface area contributed by atoms with Crippen molar-refractivity contribution in [1.29, 1.82) is 0 Å². The lowest BCUT2D eigenvalue weighted by atomic mass is 9.74. The molecule has 0 amide bonds. The molecule has 0 spiro atoms. The molecule has 1 aromatic rings. The quantitative estimate of drug-likeness (QED) is 0.604. The van der Waals surface area contributed by atoms with Gasteiger partial charge in [-0.05, 0) is 54.9 Å². The lowest BCUT2D eigenvalue weighted by Gasteiger charge is -2.31. The number of allylic oxidation sites excluding steroid dienone is 1. The van der Waals surface area contributed by atoms with Gasteiger partial charge in [0, 0.05) is 0 Å². The van der Waals surface area contributed by atoms with Crippen LogP contribution in [0, 0.1) is 12.8 Å². The van der Waals surface area contributed by atoms with Crippen LogP contribution in [-0.4, -0.2) is 0 Å². The average molecular weight is 284 g/mol. The van der Waals surface area contributed by atoms with Gasteiger partial charge in [0.1, 0.15) is 0 Å². The van der Waals surface area contributed by atoms with Crippen molar-refractivity contribution in [3.05, 3.63) is 47.0 Å². The molecule has 0 fully saturated rings. The van der Waals surface area contributed by atoms with Crippen molar-refractivity contribution >= 4 is 0 Å². The minimum Gasteiger partial charge on any atom is -0.166 e. The molecule has 1 aromatic carbocycles. The zero-order chi connectivity index (χ0) is 15.7. The van der Waals surface area contributed by atoms with Crippen molar-refractivity contribution in [2.24, 2.45) is 5.92 Å². The zero-order valence-electron chi connectivity index (χ0n) is 12.9. The molecule has 0 bridgehead atoms. The van der Waals surface area contributed by atoms with E-state index in [9.17, 15) is 13.2 Å². The zero-order valence-corrected chi connectivity index (χ0v) is 12.9. The third-order valence-corrected chi connectivity index (χ3v) is 3.95. The molecule has 0 heterocycles. The van der Waals surface area contributed by atoms with Crippen LogP contribution in [0.2, 0.25) is 0 Å². The molecule has 0 aliphatic heterocycles. The number of alkyl halides is 3. The normalized spacial score (nSPS) is 14.2. The molecule has 0 N–H and O–H groups in total. The molecule has 0 aromatic heterocycles. The van der Waals surface area contributed by atoms with Crippen molar-refractivity contribution in [2.75, 3.05) is 0 Å². The minimum atomic E-state index is -4.29. The largest absolute Gasteiger partial charge is 0.416 e. The molecular formula is C17H23F3. The van der Waals surface area contributed by atoms with E-state index in [4.69, 9.17) is 0 Å². The summed E-state index contributed by atoms with van der Waals surface area (Å²) >= 11 is 0. The predicted molar refractivity (Wildman–Crippen MR) is 77.8 cm³/mol. The summed E-state index contributed by atoms with van der Waals surface area (Å²) in [7, 11) is 0. The van der Waals surface area contributed by atoms with Crippen molar-refractivity contribution in [3.63, 3.8) is 0 Å². The molecule has 112 valence electrons. The highest BCUT2D eigenvalue weighted by molar-refractivity contribution is 5.37. The van der Waals surface area contributed by atoms with Gasteiger partial charge in [-0.25, -0.2) is 0 Å². The summed E-state index contributed by atoms with van der Waals surface area (Å²) in [4.78, 5) is 0. The van der Waals surface area contributed by atoms with Crippen molar-refractivity contribution < 1.29 is 13.2 Å². The minimum absolute atomic E-state index is 0.277. The highest BCUT2D eigenvalue weighted by Crippen LogP contribution is 2.38. The van der Waals surface area contributed by atoms with Crippen LogP contribution >= 0.6 is 0 Å². The molecule has 0 nitrogen and oxygen atoms in total. The van der Waals surface area contributed by atoms with Crippen molar-refractivity contribution in [3.8, 4) is 0 Å². The van der Waals surface area contributed by atoms with Gasteiger partial charge >= 0.3 is 6.18 Å². The van der Waals surface area contributed by atoms with Crippen LogP contribution in [0.3, 0.4) is 0 Å². The van der Waals surface area contributed by atoms with Crippen LogP contribution in [0.5, 0.6) is 0 Å². The van der Waals surface area contributed by atoms with Gasteiger partial charge in [-0.1, -0.05) is 39.0 Å². The first kappa shape index (κ1) is 16.8. The van der Waals surface area contributed by atoms with Gasteiger partial charge in [0.2, 0.25) is 0 Å². The van der Waals surface area contributed by atoms with Gasteiger partial charge in [-0.2, -0.15) is 13.2 Å². The monoisotopic (exact) mass is 284 g/mol. The maximum Gasteiger partial charge on any atom is 0.416 e. The Morgan fingerprint density at radius 1 is 1.25 bits per heavy atom. The van der Waals surface area contributed by atoms with Crippen LogP contribution in [0.4, 0.5) is 13.2 Å². The van der Waals surface area contributed by atoms with Gasteiger partial charge in [0.05, 0.1) is 5.56 Å². The molecule has 0 radical (unpaired) electrons. The Hall–Kier alpha value is -1.25. The molecule has 0 aliphatic rings. The highest BCUT2D eigenvalue weighted by atomic mass is 19.4. The van der Waals surface area contributed by atoms with E-state index in [1.807, 2.05) is 27.7 Å². The third-order valence-electron chi connectivity index (χ3n) is 3.95. The summed E-state index contributed by atoms with van der Waals surface area (Å²) in [5, 5.41) is 0. The maximum atomic E-state index is 12.9. The Balaban J connectivity index is 3.20. The molecule has 1 atom stereocenters. The summed E-state index contributed by atoms with van der Waals surface area (Å²) in [6.07, 6.45) is -3.51. The summed E-state index contributed by atoms with van der Waals surface area (Å²) in [6.45, 7) is 13.8. The van der Waals surface area contributed by atoms with E-state index in [0.717, 1.165) is 29.2 Å². The average Bonchev–Trinajstić information content (AvgIpc) is 2.26. The van der Waals surface area contributed by atoms with Crippen LogP contribution in [-0.2, 0) is 11.6 Å². The highest BCUT2D eigenvalue weighted by Gasteiger charge is 2.33. The lowest BCUT2D eigenvalue weighted by Crippen LogP contribution is -2.23. The molecule has 0 saturated carbocycles. The number of hydrogen-bond acceptors (Lipinski definition) is 0. The Labute approximate surface area is 119 Å². The van der Waals surface area contributed by atoms with E-state index >= 15 is 0 Å². The van der Waals surface area contributed by atoms with E-state index in [2.05, 4.69) is 13.5 Å². The fourth-order valence-corrected chi connectivity index (χ4v) is 2.58. The smallest absolute Gasteiger partial charge is 0.166 e. The fourth-order valence-electron chi connectivity index (χ4n) is 2.58. The second-order valence-electron chi connectivity index (χ2n) is 6.36. The topological polar surface area (TPSA) is 0 Å². The lowest BCUT2D eigenvalue weighted by molar-refractivity contribution is -0.137. The SMILES string of the molecule is C=C(C)[C@@H](C)CC(C)(C)c1cc(C(F)(F)F)ccc1C. The van der Waals surface area contributed by atoms with E-state index in [1.54, 1.807) is 6.07 Å². The Morgan fingerprint density at radius 3 is 2.25 bits per heavy atom. The Bertz CT molecular complexity index is 495. The van der Waals surface area contributed by atoms with E-state index < -0.39 is 11.7 Å². The first-order valence-electron chi connectivity index (χ1n) is 6.79. The van der Waals surface area contributed by atoms with Gasteiger partial charge in [0.15, 0.2) is 0 Å². The molecule has 0 unspecified atom stereocenters. The van der Waals surface area contributed by atoms with Gasteiger partial charge in [-0.15, -0.1) is 0 Å². The number of halogens is 3. The van der Waals surface area contributed by atoms with Gasteiger partial charge in [-0.3, -0.25) is 0 Å². The second-order valence-corrected chi connectivity index (χ2v) is 6.36. The van der Waals surface area contributed by atoms with E-state index in [1.165, 1.54) is 6.07 Å².